The predicted octanol–water partition coefficient (Wildman–Crippen LogP) is 1.79. The van der Waals surface area contributed by atoms with Crippen molar-refractivity contribution < 1.29 is 0 Å². The number of halogens is 1. The van der Waals surface area contributed by atoms with Gasteiger partial charge in [-0.15, -0.1) is 0 Å². The average Bonchev–Trinajstić information content (AvgIpc) is 2.45. The summed E-state index contributed by atoms with van der Waals surface area (Å²) in [5, 5.41) is 7.83. The van der Waals surface area contributed by atoms with Crippen molar-refractivity contribution in [2.75, 3.05) is 18.5 Å². The van der Waals surface area contributed by atoms with E-state index in [0.717, 1.165) is 25.1 Å². The number of nitrogens with one attached hydrogen (secondary N) is 1. The van der Waals surface area contributed by atoms with E-state index in [9.17, 15) is 4.79 Å². The summed E-state index contributed by atoms with van der Waals surface area (Å²) in [6.45, 7) is 3.17. The molecule has 1 heterocycles. The van der Waals surface area contributed by atoms with Crippen LogP contribution in [0.5, 0.6) is 0 Å². The summed E-state index contributed by atoms with van der Waals surface area (Å²) in [5.41, 5.74) is 0.499. The molecule has 6 heteroatoms. The maximum absolute atomic E-state index is 11.8. The van der Waals surface area contributed by atoms with E-state index in [2.05, 4.69) is 22.2 Å². The van der Waals surface area contributed by atoms with Gasteiger partial charge >= 0.3 is 0 Å². The molecule has 1 aromatic heterocycles. The van der Waals surface area contributed by atoms with Crippen LogP contribution in [0, 0.1) is 0 Å². The molecule has 0 unspecified atom stereocenters. The third-order valence-corrected chi connectivity index (χ3v) is 4.53. The molecular formula is C14H23ClN4O. The van der Waals surface area contributed by atoms with Gasteiger partial charge in [-0.05, 0) is 32.2 Å². The van der Waals surface area contributed by atoms with Crippen LogP contribution in [0.15, 0.2) is 11.0 Å². The van der Waals surface area contributed by atoms with Crippen molar-refractivity contribution in [1.82, 2.24) is 15.1 Å². The second-order valence-electron chi connectivity index (χ2n) is 5.45. The van der Waals surface area contributed by atoms with E-state index in [4.69, 9.17) is 11.6 Å². The lowest BCUT2D eigenvalue weighted by Gasteiger charge is -2.36. The van der Waals surface area contributed by atoms with Crippen molar-refractivity contribution in [3.05, 3.63) is 21.6 Å². The summed E-state index contributed by atoms with van der Waals surface area (Å²) >= 11 is 6.16. The fourth-order valence-electron chi connectivity index (χ4n) is 2.90. The molecular weight excluding hydrogens is 276 g/mol. The summed E-state index contributed by atoms with van der Waals surface area (Å²) in [7, 11) is 3.61. The zero-order valence-electron chi connectivity index (χ0n) is 12.4. The van der Waals surface area contributed by atoms with E-state index in [1.54, 1.807) is 13.2 Å². The van der Waals surface area contributed by atoms with Gasteiger partial charge in [-0.3, -0.25) is 4.79 Å². The second kappa shape index (κ2) is 6.59. The highest BCUT2D eigenvalue weighted by Gasteiger charge is 2.25. The first-order valence-electron chi connectivity index (χ1n) is 7.22. The highest BCUT2D eigenvalue weighted by molar-refractivity contribution is 6.33. The van der Waals surface area contributed by atoms with Crippen molar-refractivity contribution in [2.45, 2.75) is 44.7 Å². The summed E-state index contributed by atoms with van der Waals surface area (Å²) in [4.78, 5) is 14.0. The van der Waals surface area contributed by atoms with E-state index in [1.807, 2.05) is 7.05 Å². The Kier molecular flexibility index (Phi) is 5.05. The Hall–Kier alpha value is -1.07. The van der Waals surface area contributed by atoms with Gasteiger partial charge in [0, 0.05) is 26.2 Å². The highest BCUT2D eigenvalue weighted by atomic mass is 35.5. The molecule has 1 aromatic rings. The normalized spacial score (nSPS) is 22.8. The largest absolute Gasteiger partial charge is 0.369 e. The Bertz CT molecular complexity index is 508. The minimum absolute atomic E-state index is 0.239. The highest BCUT2D eigenvalue weighted by Crippen LogP contribution is 2.28. The molecule has 1 aliphatic rings. The predicted molar refractivity (Wildman–Crippen MR) is 82.6 cm³/mol. The molecule has 0 saturated heterocycles. The van der Waals surface area contributed by atoms with E-state index < -0.39 is 0 Å². The van der Waals surface area contributed by atoms with Gasteiger partial charge in [0.25, 0.3) is 5.56 Å². The first-order valence-corrected chi connectivity index (χ1v) is 7.60. The molecule has 1 fully saturated rings. The van der Waals surface area contributed by atoms with Gasteiger partial charge < -0.3 is 10.2 Å². The van der Waals surface area contributed by atoms with E-state index in [0.29, 0.717) is 12.1 Å². The van der Waals surface area contributed by atoms with Crippen LogP contribution in [-0.4, -0.2) is 35.5 Å². The monoisotopic (exact) mass is 298 g/mol. The van der Waals surface area contributed by atoms with Crippen LogP contribution in [-0.2, 0) is 7.05 Å². The first-order chi connectivity index (χ1) is 9.54. The third-order valence-electron chi connectivity index (χ3n) is 4.18. The lowest BCUT2D eigenvalue weighted by molar-refractivity contribution is 0.341. The van der Waals surface area contributed by atoms with Gasteiger partial charge in [0.15, 0.2) is 0 Å². The quantitative estimate of drug-likeness (QED) is 0.921. The molecule has 0 radical (unpaired) electrons. The Morgan fingerprint density at radius 1 is 1.45 bits per heavy atom. The lowest BCUT2D eigenvalue weighted by atomic mass is 9.90. The van der Waals surface area contributed by atoms with Gasteiger partial charge in [0.05, 0.1) is 11.9 Å². The summed E-state index contributed by atoms with van der Waals surface area (Å²) in [6, 6.07) is 1.05. The van der Waals surface area contributed by atoms with Crippen molar-refractivity contribution in [3.63, 3.8) is 0 Å². The van der Waals surface area contributed by atoms with Crippen LogP contribution in [0.1, 0.15) is 32.6 Å². The van der Waals surface area contributed by atoms with E-state index in [-0.39, 0.29) is 10.6 Å². The molecule has 0 spiro atoms. The Morgan fingerprint density at radius 3 is 2.70 bits per heavy atom. The number of nitrogens with zero attached hydrogens (tertiary/aromatic N) is 3. The Balaban J connectivity index is 2.08. The van der Waals surface area contributed by atoms with Crippen molar-refractivity contribution in [2.24, 2.45) is 7.05 Å². The Morgan fingerprint density at radius 2 is 2.10 bits per heavy atom. The molecule has 1 saturated carbocycles. The summed E-state index contributed by atoms with van der Waals surface area (Å²) in [6.07, 6.45) is 6.23. The van der Waals surface area contributed by atoms with Gasteiger partial charge in [0.2, 0.25) is 0 Å². The van der Waals surface area contributed by atoms with Crippen LogP contribution >= 0.6 is 11.6 Å². The molecule has 1 N–H and O–H groups in total. The molecule has 2 rings (SSSR count). The van der Waals surface area contributed by atoms with Gasteiger partial charge in [-0.25, -0.2) is 4.68 Å². The van der Waals surface area contributed by atoms with Crippen molar-refractivity contribution in [1.29, 1.82) is 0 Å². The third kappa shape index (κ3) is 3.15. The number of rotatable bonds is 4. The van der Waals surface area contributed by atoms with Crippen LogP contribution < -0.4 is 15.8 Å². The first kappa shape index (κ1) is 15.3. The number of hydrogen-bond acceptors (Lipinski definition) is 4. The molecule has 0 aliphatic heterocycles. The van der Waals surface area contributed by atoms with Crippen LogP contribution in [0.2, 0.25) is 5.02 Å². The molecule has 0 bridgehead atoms. The smallest absolute Gasteiger partial charge is 0.287 e. The van der Waals surface area contributed by atoms with Gasteiger partial charge in [-0.1, -0.05) is 18.5 Å². The van der Waals surface area contributed by atoms with E-state index in [1.165, 1.54) is 17.5 Å². The molecule has 0 atom stereocenters. The average molecular weight is 299 g/mol. The topological polar surface area (TPSA) is 50.2 Å². The number of anilines is 1. The molecule has 112 valence electrons. The van der Waals surface area contributed by atoms with Crippen molar-refractivity contribution >= 4 is 17.3 Å². The minimum atomic E-state index is -0.239. The van der Waals surface area contributed by atoms with E-state index >= 15 is 0 Å². The van der Waals surface area contributed by atoms with Crippen LogP contribution in [0.3, 0.4) is 0 Å². The maximum Gasteiger partial charge on any atom is 0.287 e. The zero-order valence-corrected chi connectivity index (χ0v) is 13.2. The summed E-state index contributed by atoms with van der Waals surface area (Å²) in [5.74, 6) is 0. The van der Waals surface area contributed by atoms with Crippen LogP contribution in [0.4, 0.5) is 5.69 Å². The molecule has 0 aromatic carbocycles. The molecule has 20 heavy (non-hydrogen) atoms. The van der Waals surface area contributed by atoms with Crippen LogP contribution in [0.25, 0.3) is 0 Å². The minimum Gasteiger partial charge on any atom is -0.369 e. The SMILES string of the molecule is CCNC1CCC(N(C)c2cnn(C)c(=O)c2Cl)CC1. The molecule has 1 aliphatic carbocycles. The molecule has 5 nitrogen and oxygen atoms in total. The number of aromatic nitrogens is 2. The van der Waals surface area contributed by atoms with Gasteiger partial charge in [0.1, 0.15) is 5.02 Å². The zero-order chi connectivity index (χ0) is 14.7. The number of aryl methyl sites for hydroxylation is 1. The lowest BCUT2D eigenvalue weighted by Crippen LogP contribution is -2.41. The molecule has 0 amide bonds. The second-order valence-corrected chi connectivity index (χ2v) is 5.82. The van der Waals surface area contributed by atoms with Crippen molar-refractivity contribution in [3.8, 4) is 0 Å². The fraction of sp³-hybridized carbons (Fsp3) is 0.714. The fourth-order valence-corrected chi connectivity index (χ4v) is 3.20. The maximum atomic E-state index is 11.8. The Labute approximate surface area is 124 Å². The van der Waals surface area contributed by atoms with Gasteiger partial charge in [-0.2, -0.15) is 5.10 Å². The standard InChI is InChI=1S/C14H23ClN4O/c1-4-16-10-5-7-11(8-6-10)18(2)12-9-17-19(3)14(20)13(12)15/h9-11,16H,4-8H2,1-3H3. The number of hydrogen-bond donors (Lipinski definition) is 1. The summed E-state index contributed by atoms with van der Waals surface area (Å²) < 4.78 is 1.27.